The van der Waals surface area contributed by atoms with E-state index in [4.69, 9.17) is 4.98 Å². The number of aryl methyl sites for hydroxylation is 2. The minimum atomic E-state index is -0.467. The van der Waals surface area contributed by atoms with Crippen LogP contribution in [-0.2, 0) is 6.54 Å². The van der Waals surface area contributed by atoms with Gasteiger partial charge in [-0.15, -0.1) is 0 Å². The van der Waals surface area contributed by atoms with Crippen LogP contribution in [0, 0.1) is 13.8 Å². The highest BCUT2D eigenvalue weighted by molar-refractivity contribution is 5.88. The lowest BCUT2D eigenvalue weighted by atomic mass is 10.1. The molecule has 0 bridgehead atoms. The molecule has 0 radical (unpaired) electrons. The van der Waals surface area contributed by atoms with Gasteiger partial charge in [-0.3, -0.25) is 4.98 Å². The molecule has 7 nitrogen and oxygen atoms in total. The minimum Gasteiger partial charge on any atom is -0.391 e. The van der Waals surface area contributed by atoms with E-state index in [1.54, 1.807) is 6.92 Å². The third-order valence-corrected chi connectivity index (χ3v) is 5.28. The van der Waals surface area contributed by atoms with E-state index in [0.29, 0.717) is 6.54 Å². The molecule has 0 saturated heterocycles. The summed E-state index contributed by atoms with van der Waals surface area (Å²) in [5, 5.41) is 16.9. The van der Waals surface area contributed by atoms with Crippen LogP contribution in [-0.4, -0.2) is 36.8 Å². The minimum absolute atomic E-state index is 0.0632. The van der Waals surface area contributed by atoms with E-state index in [9.17, 15) is 5.11 Å². The SMILES string of the molecule is CC[C@H](Nc1cc2c(ncn2C(C)C)c(NCc2cnc(C)cc2C)n1)[C@@H](C)O. The Labute approximate surface area is 172 Å². The van der Waals surface area contributed by atoms with Crippen molar-refractivity contribution < 1.29 is 5.11 Å². The first-order valence-corrected chi connectivity index (χ1v) is 10.3. The van der Waals surface area contributed by atoms with E-state index in [1.807, 2.05) is 32.4 Å². The van der Waals surface area contributed by atoms with Crippen molar-refractivity contribution in [2.75, 3.05) is 10.6 Å². The summed E-state index contributed by atoms with van der Waals surface area (Å²) < 4.78 is 2.13. The maximum atomic E-state index is 10.0. The first-order valence-electron chi connectivity index (χ1n) is 10.3. The van der Waals surface area contributed by atoms with Crippen molar-refractivity contribution in [3.8, 4) is 0 Å². The zero-order chi connectivity index (χ0) is 21.1. The lowest BCUT2D eigenvalue weighted by Crippen LogP contribution is -2.31. The molecular formula is C22H32N6O. The van der Waals surface area contributed by atoms with Gasteiger partial charge in [0, 0.05) is 30.5 Å². The normalized spacial score (nSPS) is 13.7. The fraction of sp³-hybridized carbons (Fsp3) is 0.500. The molecular weight excluding hydrogens is 364 g/mol. The van der Waals surface area contributed by atoms with Crippen LogP contribution >= 0.6 is 0 Å². The Kier molecular flexibility index (Phi) is 6.37. The summed E-state index contributed by atoms with van der Waals surface area (Å²) in [5.41, 5.74) is 5.19. The summed E-state index contributed by atoms with van der Waals surface area (Å²) in [6.07, 6.45) is 4.10. The molecule has 3 aromatic heterocycles. The van der Waals surface area contributed by atoms with E-state index in [2.05, 4.69) is 52.0 Å². The quantitative estimate of drug-likeness (QED) is 0.529. The lowest BCUT2D eigenvalue weighted by Gasteiger charge is -2.21. The maximum Gasteiger partial charge on any atom is 0.156 e. The molecule has 0 spiro atoms. The summed E-state index contributed by atoms with van der Waals surface area (Å²) in [4.78, 5) is 13.8. The second kappa shape index (κ2) is 8.78. The number of aromatic nitrogens is 4. The monoisotopic (exact) mass is 396 g/mol. The molecule has 156 valence electrons. The number of imidazole rings is 1. The number of anilines is 2. The number of hydrogen-bond donors (Lipinski definition) is 3. The predicted molar refractivity (Wildman–Crippen MR) is 118 cm³/mol. The predicted octanol–water partition coefficient (Wildman–Crippen LogP) is 4.21. The van der Waals surface area contributed by atoms with Gasteiger partial charge in [-0.05, 0) is 58.2 Å². The molecule has 0 amide bonds. The van der Waals surface area contributed by atoms with Crippen LogP contribution in [0.15, 0.2) is 24.7 Å². The van der Waals surface area contributed by atoms with E-state index in [0.717, 1.165) is 40.3 Å². The van der Waals surface area contributed by atoms with E-state index < -0.39 is 6.10 Å². The maximum absolute atomic E-state index is 10.0. The number of rotatable bonds is 8. The van der Waals surface area contributed by atoms with Gasteiger partial charge in [-0.2, -0.15) is 0 Å². The smallest absolute Gasteiger partial charge is 0.156 e. The molecule has 0 aliphatic rings. The van der Waals surface area contributed by atoms with E-state index in [1.165, 1.54) is 5.56 Å². The first kappa shape index (κ1) is 21.0. The standard InChI is InChI=1S/C22H32N6O/c1-7-18(16(6)29)26-20-9-19-21(25-12-28(19)13(2)3)22(27-20)24-11-17-10-23-15(5)8-14(17)4/h8-10,12-13,16,18,29H,7,11H2,1-6H3,(H2,24,26,27)/t16-,18+/m1/s1. The van der Waals surface area contributed by atoms with Crippen LogP contribution in [0.4, 0.5) is 11.6 Å². The fourth-order valence-electron chi connectivity index (χ4n) is 3.48. The van der Waals surface area contributed by atoms with Crippen LogP contribution < -0.4 is 10.6 Å². The van der Waals surface area contributed by atoms with Crippen LogP contribution in [0.25, 0.3) is 11.0 Å². The molecule has 0 unspecified atom stereocenters. The molecule has 3 N–H and O–H groups in total. The molecule has 0 aliphatic heterocycles. The Morgan fingerprint density at radius 3 is 2.52 bits per heavy atom. The van der Waals surface area contributed by atoms with Gasteiger partial charge >= 0.3 is 0 Å². The van der Waals surface area contributed by atoms with Gasteiger partial charge in [0.25, 0.3) is 0 Å². The van der Waals surface area contributed by atoms with Crippen LogP contribution in [0.3, 0.4) is 0 Å². The summed E-state index contributed by atoms with van der Waals surface area (Å²) in [6, 6.07) is 4.31. The molecule has 7 heteroatoms. The van der Waals surface area contributed by atoms with Gasteiger partial charge in [-0.1, -0.05) is 6.92 Å². The molecule has 29 heavy (non-hydrogen) atoms. The summed E-state index contributed by atoms with van der Waals surface area (Å²) in [5.74, 6) is 1.46. The second-order valence-corrected chi connectivity index (χ2v) is 7.97. The molecule has 0 saturated carbocycles. The van der Waals surface area contributed by atoms with Crippen molar-refractivity contribution in [2.45, 2.75) is 72.7 Å². The zero-order valence-corrected chi connectivity index (χ0v) is 18.2. The van der Waals surface area contributed by atoms with Crippen molar-refractivity contribution in [3.05, 3.63) is 41.5 Å². The van der Waals surface area contributed by atoms with Gasteiger partial charge < -0.3 is 20.3 Å². The molecule has 0 aliphatic carbocycles. The van der Waals surface area contributed by atoms with Gasteiger partial charge in [0.1, 0.15) is 11.3 Å². The Morgan fingerprint density at radius 2 is 1.90 bits per heavy atom. The molecule has 3 aromatic rings. The summed E-state index contributed by atoms with van der Waals surface area (Å²) >= 11 is 0. The number of fused-ring (bicyclic) bond motifs is 1. The molecule has 0 fully saturated rings. The number of aliphatic hydroxyl groups is 1. The Morgan fingerprint density at radius 1 is 1.14 bits per heavy atom. The third-order valence-electron chi connectivity index (χ3n) is 5.28. The second-order valence-electron chi connectivity index (χ2n) is 7.97. The molecule has 3 heterocycles. The van der Waals surface area contributed by atoms with Crippen LogP contribution in [0.5, 0.6) is 0 Å². The number of aliphatic hydroxyl groups excluding tert-OH is 1. The van der Waals surface area contributed by atoms with Crippen molar-refractivity contribution in [2.24, 2.45) is 0 Å². The van der Waals surface area contributed by atoms with Gasteiger partial charge in [0.2, 0.25) is 0 Å². The molecule has 2 atom stereocenters. The highest BCUT2D eigenvalue weighted by Crippen LogP contribution is 2.27. The lowest BCUT2D eigenvalue weighted by molar-refractivity contribution is 0.169. The molecule has 0 aromatic carbocycles. The number of pyridine rings is 2. The van der Waals surface area contributed by atoms with Crippen molar-refractivity contribution >= 4 is 22.7 Å². The fourth-order valence-corrected chi connectivity index (χ4v) is 3.48. The average molecular weight is 397 g/mol. The highest BCUT2D eigenvalue weighted by atomic mass is 16.3. The Bertz CT molecular complexity index is 979. The third kappa shape index (κ3) is 4.67. The number of hydrogen-bond acceptors (Lipinski definition) is 6. The Hall–Kier alpha value is -2.67. The van der Waals surface area contributed by atoms with Crippen molar-refractivity contribution in [1.82, 2.24) is 19.5 Å². The van der Waals surface area contributed by atoms with Crippen LogP contribution in [0.1, 0.15) is 57.0 Å². The van der Waals surface area contributed by atoms with Gasteiger partial charge in [0.15, 0.2) is 5.82 Å². The van der Waals surface area contributed by atoms with Gasteiger partial charge in [0.05, 0.1) is 24.0 Å². The average Bonchev–Trinajstić information content (AvgIpc) is 3.09. The van der Waals surface area contributed by atoms with Crippen molar-refractivity contribution in [1.29, 1.82) is 0 Å². The first-order chi connectivity index (χ1) is 13.8. The van der Waals surface area contributed by atoms with Gasteiger partial charge in [-0.25, -0.2) is 9.97 Å². The molecule has 3 rings (SSSR count). The zero-order valence-electron chi connectivity index (χ0n) is 18.2. The number of nitrogens with zero attached hydrogens (tertiary/aromatic N) is 4. The van der Waals surface area contributed by atoms with E-state index in [-0.39, 0.29) is 12.1 Å². The Balaban J connectivity index is 1.97. The van der Waals surface area contributed by atoms with Crippen LogP contribution in [0.2, 0.25) is 0 Å². The van der Waals surface area contributed by atoms with Crippen molar-refractivity contribution in [3.63, 3.8) is 0 Å². The summed E-state index contributed by atoms with van der Waals surface area (Å²) in [6.45, 7) is 12.8. The summed E-state index contributed by atoms with van der Waals surface area (Å²) in [7, 11) is 0. The largest absolute Gasteiger partial charge is 0.391 e. The number of nitrogens with one attached hydrogen (secondary N) is 2. The van der Waals surface area contributed by atoms with E-state index >= 15 is 0 Å². The highest BCUT2D eigenvalue weighted by Gasteiger charge is 2.17. The topological polar surface area (TPSA) is 87.9 Å².